The maximum Gasteiger partial charge on any atom is 0.236 e. The van der Waals surface area contributed by atoms with Crippen molar-refractivity contribution in [2.45, 2.75) is 5.92 Å². The molecule has 4 aromatic rings. The fourth-order valence-electron chi connectivity index (χ4n) is 3.28. The molecule has 148 valence electrons. The lowest BCUT2D eigenvalue weighted by atomic mass is 9.90. The van der Waals surface area contributed by atoms with Gasteiger partial charge in [0.25, 0.3) is 0 Å². The van der Waals surface area contributed by atoms with E-state index >= 15 is 0 Å². The number of rotatable bonds is 6. The Kier molecular flexibility index (Phi) is 5.71. The zero-order valence-corrected chi connectivity index (χ0v) is 16.2. The van der Waals surface area contributed by atoms with E-state index in [4.69, 9.17) is 0 Å². The standard InChI is InChI=1S/C25H21N3O2/c29-21-15-13-20(14-16-21)27-24-22(12-7-17-26-24)28-25(30)23(18-8-3-1-4-9-18)19-10-5-2-6-11-19/h1-17,23,29H,(H,26,27)(H,28,30). The molecule has 0 spiro atoms. The number of carbonyl (C=O) groups is 1. The van der Waals surface area contributed by atoms with Crippen LogP contribution in [0.25, 0.3) is 0 Å². The van der Waals surface area contributed by atoms with Crippen LogP contribution in [0.3, 0.4) is 0 Å². The van der Waals surface area contributed by atoms with Crippen molar-refractivity contribution in [3.63, 3.8) is 0 Å². The van der Waals surface area contributed by atoms with Gasteiger partial charge in [-0.3, -0.25) is 4.79 Å². The topological polar surface area (TPSA) is 74.2 Å². The molecule has 5 heteroatoms. The Morgan fingerprint density at radius 2 is 1.37 bits per heavy atom. The molecule has 1 aromatic heterocycles. The van der Waals surface area contributed by atoms with Gasteiger partial charge in [0.05, 0.1) is 11.6 Å². The predicted octanol–water partition coefficient (Wildman–Crippen LogP) is 5.30. The first kappa shape index (κ1) is 19.2. The van der Waals surface area contributed by atoms with E-state index in [1.807, 2.05) is 60.7 Å². The summed E-state index contributed by atoms with van der Waals surface area (Å²) in [5, 5.41) is 15.7. The number of phenolic OH excluding ortho intramolecular Hbond substituents is 1. The van der Waals surface area contributed by atoms with Crippen LogP contribution < -0.4 is 10.6 Å². The molecule has 0 atom stereocenters. The number of nitrogens with one attached hydrogen (secondary N) is 2. The van der Waals surface area contributed by atoms with Gasteiger partial charge in [0.2, 0.25) is 5.91 Å². The normalized spacial score (nSPS) is 10.6. The summed E-state index contributed by atoms with van der Waals surface area (Å²) in [6, 6.07) is 29.7. The summed E-state index contributed by atoms with van der Waals surface area (Å²) in [6.45, 7) is 0. The zero-order chi connectivity index (χ0) is 20.8. The third-order valence-electron chi connectivity index (χ3n) is 4.72. The lowest BCUT2D eigenvalue weighted by Gasteiger charge is -2.19. The second kappa shape index (κ2) is 8.92. The fourth-order valence-corrected chi connectivity index (χ4v) is 3.28. The van der Waals surface area contributed by atoms with Gasteiger partial charge in [0, 0.05) is 11.9 Å². The quantitative estimate of drug-likeness (QED) is 0.387. The highest BCUT2D eigenvalue weighted by molar-refractivity contribution is 6.00. The van der Waals surface area contributed by atoms with E-state index in [-0.39, 0.29) is 11.7 Å². The van der Waals surface area contributed by atoms with Crippen molar-refractivity contribution < 1.29 is 9.90 Å². The summed E-state index contributed by atoms with van der Waals surface area (Å²) in [6.07, 6.45) is 1.66. The maximum absolute atomic E-state index is 13.4. The molecule has 5 nitrogen and oxygen atoms in total. The number of anilines is 3. The van der Waals surface area contributed by atoms with Gasteiger partial charge < -0.3 is 15.7 Å². The molecule has 0 saturated carbocycles. The third kappa shape index (κ3) is 4.47. The number of carbonyl (C=O) groups excluding carboxylic acids is 1. The Labute approximate surface area is 175 Å². The van der Waals surface area contributed by atoms with Gasteiger partial charge >= 0.3 is 0 Å². The lowest BCUT2D eigenvalue weighted by Crippen LogP contribution is -2.22. The summed E-state index contributed by atoms with van der Waals surface area (Å²) in [5.41, 5.74) is 3.16. The molecular weight excluding hydrogens is 374 g/mol. The largest absolute Gasteiger partial charge is 0.508 e. The molecule has 3 aromatic carbocycles. The number of hydrogen-bond acceptors (Lipinski definition) is 4. The predicted molar refractivity (Wildman–Crippen MR) is 119 cm³/mol. The maximum atomic E-state index is 13.4. The minimum absolute atomic E-state index is 0.144. The molecule has 0 aliphatic carbocycles. The Morgan fingerprint density at radius 1 is 0.767 bits per heavy atom. The number of aromatic nitrogens is 1. The highest BCUT2D eigenvalue weighted by Gasteiger charge is 2.23. The Morgan fingerprint density at radius 3 is 1.97 bits per heavy atom. The second-order valence-corrected chi connectivity index (χ2v) is 6.82. The van der Waals surface area contributed by atoms with Crippen LogP contribution in [0.1, 0.15) is 17.0 Å². The van der Waals surface area contributed by atoms with E-state index in [2.05, 4.69) is 15.6 Å². The van der Waals surface area contributed by atoms with Gasteiger partial charge in [-0.15, -0.1) is 0 Å². The number of aromatic hydroxyl groups is 1. The van der Waals surface area contributed by atoms with E-state index in [0.29, 0.717) is 11.5 Å². The van der Waals surface area contributed by atoms with Crippen LogP contribution in [-0.4, -0.2) is 16.0 Å². The number of hydrogen-bond donors (Lipinski definition) is 3. The van der Waals surface area contributed by atoms with Crippen LogP contribution in [0.4, 0.5) is 17.2 Å². The molecule has 0 saturated heterocycles. The molecule has 0 unspecified atom stereocenters. The first-order valence-electron chi connectivity index (χ1n) is 9.62. The van der Waals surface area contributed by atoms with E-state index in [1.165, 1.54) is 0 Å². The number of nitrogens with zero attached hydrogens (tertiary/aromatic N) is 1. The highest BCUT2D eigenvalue weighted by Crippen LogP contribution is 2.29. The van der Waals surface area contributed by atoms with Crippen molar-refractivity contribution in [2.24, 2.45) is 0 Å². The average molecular weight is 395 g/mol. The van der Waals surface area contributed by atoms with Gasteiger partial charge in [-0.2, -0.15) is 0 Å². The molecule has 3 N–H and O–H groups in total. The van der Waals surface area contributed by atoms with Crippen LogP contribution in [0, 0.1) is 0 Å². The first-order valence-corrected chi connectivity index (χ1v) is 9.62. The van der Waals surface area contributed by atoms with E-state index < -0.39 is 5.92 Å². The Hall–Kier alpha value is -4.12. The van der Waals surface area contributed by atoms with Gasteiger partial charge in [-0.05, 0) is 47.5 Å². The monoisotopic (exact) mass is 395 g/mol. The van der Waals surface area contributed by atoms with Crippen molar-refractivity contribution in [3.05, 3.63) is 114 Å². The number of benzene rings is 3. The van der Waals surface area contributed by atoms with Crippen LogP contribution in [-0.2, 0) is 4.79 Å². The fraction of sp³-hybridized carbons (Fsp3) is 0.0400. The third-order valence-corrected chi connectivity index (χ3v) is 4.72. The van der Waals surface area contributed by atoms with E-state index in [1.54, 1.807) is 42.6 Å². The minimum atomic E-state index is -0.450. The summed E-state index contributed by atoms with van der Waals surface area (Å²) < 4.78 is 0. The van der Waals surface area contributed by atoms with Gasteiger partial charge in [-0.25, -0.2) is 4.98 Å². The van der Waals surface area contributed by atoms with E-state index in [9.17, 15) is 9.90 Å². The number of pyridine rings is 1. The molecule has 1 heterocycles. The SMILES string of the molecule is O=C(Nc1cccnc1Nc1ccc(O)cc1)C(c1ccccc1)c1ccccc1. The van der Waals surface area contributed by atoms with Crippen LogP contribution in [0.2, 0.25) is 0 Å². The molecule has 0 aliphatic heterocycles. The number of phenols is 1. The van der Waals surface area contributed by atoms with Crippen molar-refractivity contribution >= 4 is 23.1 Å². The molecule has 30 heavy (non-hydrogen) atoms. The van der Waals surface area contributed by atoms with Crippen molar-refractivity contribution in [1.82, 2.24) is 4.98 Å². The molecule has 1 amide bonds. The van der Waals surface area contributed by atoms with Crippen LogP contribution in [0.15, 0.2) is 103 Å². The molecule has 4 rings (SSSR count). The van der Waals surface area contributed by atoms with Gasteiger partial charge in [-0.1, -0.05) is 60.7 Å². The summed E-state index contributed by atoms with van der Waals surface area (Å²) in [7, 11) is 0. The molecule has 0 aliphatic rings. The van der Waals surface area contributed by atoms with Crippen molar-refractivity contribution in [2.75, 3.05) is 10.6 Å². The number of amides is 1. The lowest BCUT2D eigenvalue weighted by molar-refractivity contribution is -0.116. The highest BCUT2D eigenvalue weighted by atomic mass is 16.3. The Balaban J connectivity index is 1.62. The average Bonchev–Trinajstić information content (AvgIpc) is 2.78. The molecule has 0 bridgehead atoms. The summed E-state index contributed by atoms with van der Waals surface area (Å²) in [4.78, 5) is 17.7. The van der Waals surface area contributed by atoms with Gasteiger partial charge in [0.15, 0.2) is 5.82 Å². The zero-order valence-electron chi connectivity index (χ0n) is 16.2. The molecular formula is C25H21N3O2. The second-order valence-electron chi connectivity index (χ2n) is 6.82. The summed E-state index contributed by atoms with van der Waals surface area (Å²) in [5.74, 6) is 0.114. The van der Waals surface area contributed by atoms with Crippen LogP contribution >= 0.6 is 0 Å². The Bertz CT molecular complexity index is 1070. The summed E-state index contributed by atoms with van der Waals surface area (Å²) >= 11 is 0. The van der Waals surface area contributed by atoms with Crippen molar-refractivity contribution in [1.29, 1.82) is 0 Å². The van der Waals surface area contributed by atoms with Gasteiger partial charge in [0.1, 0.15) is 5.75 Å². The smallest absolute Gasteiger partial charge is 0.236 e. The van der Waals surface area contributed by atoms with Crippen LogP contribution in [0.5, 0.6) is 5.75 Å². The minimum Gasteiger partial charge on any atom is -0.508 e. The van der Waals surface area contributed by atoms with Crippen molar-refractivity contribution in [3.8, 4) is 5.75 Å². The molecule has 0 radical (unpaired) electrons. The van der Waals surface area contributed by atoms with E-state index in [0.717, 1.165) is 16.8 Å². The first-order chi connectivity index (χ1) is 14.7. The molecule has 0 fully saturated rings.